The van der Waals surface area contributed by atoms with E-state index in [0.29, 0.717) is 0 Å². The van der Waals surface area contributed by atoms with Crippen molar-refractivity contribution in [1.82, 2.24) is 10.2 Å². The van der Waals surface area contributed by atoms with E-state index in [1.807, 2.05) is 6.07 Å². The van der Waals surface area contributed by atoms with Crippen LogP contribution in [0.5, 0.6) is 0 Å². The molecule has 1 N–H and O–H groups in total. The lowest BCUT2D eigenvalue weighted by molar-refractivity contribution is 0.118. The van der Waals surface area contributed by atoms with Crippen molar-refractivity contribution in [2.75, 3.05) is 19.6 Å². The van der Waals surface area contributed by atoms with Crippen molar-refractivity contribution in [3.8, 4) is 0 Å². The van der Waals surface area contributed by atoms with E-state index in [9.17, 15) is 4.39 Å². The van der Waals surface area contributed by atoms with Gasteiger partial charge in [-0.3, -0.25) is 4.90 Å². The standard InChI is InChI=1S/C15H22BrFN2/c1-3-15(4-2)11-19(8-7-18-15)10-12-5-6-13(17)9-14(12)16/h5-6,9,18H,3-4,7-8,10-11H2,1-2H3. The molecule has 0 atom stereocenters. The predicted octanol–water partition coefficient (Wildman–Crippen LogP) is 3.55. The molecule has 1 aliphatic rings. The Balaban J connectivity index is 2.06. The summed E-state index contributed by atoms with van der Waals surface area (Å²) < 4.78 is 14.0. The zero-order chi connectivity index (χ0) is 13.9. The van der Waals surface area contributed by atoms with E-state index >= 15 is 0 Å². The van der Waals surface area contributed by atoms with Gasteiger partial charge in [0.1, 0.15) is 5.82 Å². The van der Waals surface area contributed by atoms with Crippen LogP contribution in [0, 0.1) is 5.82 Å². The summed E-state index contributed by atoms with van der Waals surface area (Å²) in [6.07, 6.45) is 2.29. The minimum Gasteiger partial charge on any atom is -0.309 e. The van der Waals surface area contributed by atoms with Gasteiger partial charge in [-0.2, -0.15) is 0 Å². The second-order valence-corrected chi connectivity index (χ2v) is 6.21. The van der Waals surface area contributed by atoms with E-state index in [0.717, 1.165) is 49.1 Å². The minimum absolute atomic E-state index is 0.188. The van der Waals surface area contributed by atoms with Crippen LogP contribution in [0.25, 0.3) is 0 Å². The van der Waals surface area contributed by atoms with E-state index in [1.165, 1.54) is 6.07 Å². The number of piperazine rings is 1. The van der Waals surface area contributed by atoms with Gasteiger partial charge in [0.15, 0.2) is 0 Å². The molecule has 0 aromatic heterocycles. The van der Waals surface area contributed by atoms with Gasteiger partial charge in [-0.1, -0.05) is 35.8 Å². The highest BCUT2D eigenvalue weighted by Gasteiger charge is 2.31. The van der Waals surface area contributed by atoms with Crippen LogP contribution in [0.3, 0.4) is 0 Å². The van der Waals surface area contributed by atoms with Gasteiger partial charge in [-0.25, -0.2) is 4.39 Å². The fraction of sp³-hybridized carbons (Fsp3) is 0.600. The summed E-state index contributed by atoms with van der Waals surface area (Å²) in [7, 11) is 0. The third-order valence-electron chi connectivity index (χ3n) is 4.22. The number of benzene rings is 1. The van der Waals surface area contributed by atoms with E-state index < -0.39 is 0 Å². The Labute approximate surface area is 123 Å². The predicted molar refractivity (Wildman–Crippen MR) is 80.7 cm³/mol. The van der Waals surface area contributed by atoms with E-state index in [4.69, 9.17) is 0 Å². The smallest absolute Gasteiger partial charge is 0.124 e. The topological polar surface area (TPSA) is 15.3 Å². The molecule has 106 valence electrons. The Morgan fingerprint density at radius 1 is 1.37 bits per heavy atom. The molecule has 2 nitrogen and oxygen atoms in total. The highest BCUT2D eigenvalue weighted by molar-refractivity contribution is 9.10. The summed E-state index contributed by atoms with van der Waals surface area (Å²) in [6.45, 7) is 8.50. The SMILES string of the molecule is CCC1(CC)CN(Cc2ccc(F)cc2Br)CCN1. The molecular weight excluding hydrogens is 307 g/mol. The van der Waals surface area contributed by atoms with Gasteiger partial charge in [-0.15, -0.1) is 0 Å². The third-order valence-corrected chi connectivity index (χ3v) is 4.96. The van der Waals surface area contributed by atoms with Gasteiger partial charge in [0, 0.05) is 36.2 Å². The molecule has 0 bridgehead atoms. The molecule has 1 heterocycles. The number of hydrogen-bond acceptors (Lipinski definition) is 2. The van der Waals surface area contributed by atoms with Crippen LogP contribution in [0.1, 0.15) is 32.3 Å². The first-order valence-corrected chi connectivity index (χ1v) is 7.79. The van der Waals surface area contributed by atoms with Gasteiger partial charge in [0.2, 0.25) is 0 Å². The molecule has 1 saturated heterocycles. The monoisotopic (exact) mass is 328 g/mol. The normalized spacial score (nSPS) is 19.6. The molecule has 1 aromatic carbocycles. The molecule has 4 heteroatoms. The van der Waals surface area contributed by atoms with Crippen molar-refractivity contribution in [3.05, 3.63) is 34.1 Å². The number of nitrogens with zero attached hydrogens (tertiary/aromatic N) is 1. The Morgan fingerprint density at radius 2 is 2.11 bits per heavy atom. The van der Waals surface area contributed by atoms with E-state index in [-0.39, 0.29) is 11.4 Å². The first-order valence-electron chi connectivity index (χ1n) is 7.00. The average molecular weight is 329 g/mol. The average Bonchev–Trinajstić information content (AvgIpc) is 2.42. The first kappa shape index (κ1) is 14.9. The van der Waals surface area contributed by atoms with Crippen LogP contribution in [0.15, 0.2) is 22.7 Å². The summed E-state index contributed by atoms with van der Waals surface area (Å²) in [5, 5.41) is 3.66. The molecule has 1 fully saturated rings. The summed E-state index contributed by atoms with van der Waals surface area (Å²) in [4.78, 5) is 2.46. The van der Waals surface area contributed by atoms with Gasteiger partial charge >= 0.3 is 0 Å². The highest BCUT2D eigenvalue weighted by atomic mass is 79.9. The lowest BCUT2D eigenvalue weighted by atomic mass is 9.90. The van der Waals surface area contributed by atoms with Crippen molar-refractivity contribution in [3.63, 3.8) is 0 Å². The Morgan fingerprint density at radius 3 is 2.74 bits per heavy atom. The van der Waals surface area contributed by atoms with Crippen LogP contribution in [-0.4, -0.2) is 30.1 Å². The van der Waals surface area contributed by atoms with Crippen molar-refractivity contribution < 1.29 is 4.39 Å². The number of rotatable bonds is 4. The molecule has 0 amide bonds. The number of halogens is 2. The molecular formula is C15H22BrFN2. The molecule has 0 saturated carbocycles. The molecule has 19 heavy (non-hydrogen) atoms. The number of nitrogens with one attached hydrogen (secondary N) is 1. The maximum atomic E-state index is 13.1. The largest absolute Gasteiger partial charge is 0.309 e. The van der Waals surface area contributed by atoms with Crippen LogP contribution in [-0.2, 0) is 6.54 Å². The number of hydrogen-bond donors (Lipinski definition) is 1. The molecule has 1 aromatic rings. The lowest BCUT2D eigenvalue weighted by Crippen LogP contribution is -2.59. The van der Waals surface area contributed by atoms with Gasteiger partial charge in [0.25, 0.3) is 0 Å². The van der Waals surface area contributed by atoms with Crippen LogP contribution < -0.4 is 5.32 Å². The van der Waals surface area contributed by atoms with Crippen LogP contribution in [0.4, 0.5) is 4.39 Å². The quantitative estimate of drug-likeness (QED) is 0.909. The van der Waals surface area contributed by atoms with Crippen LogP contribution >= 0.6 is 15.9 Å². The third kappa shape index (κ3) is 3.56. The summed E-state index contributed by atoms with van der Waals surface area (Å²) >= 11 is 3.45. The van der Waals surface area contributed by atoms with Gasteiger partial charge in [0.05, 0.1) is 0 Å². The molecule has 0 unspecified atom stereocenters. The zero-order valence-corrected chi connectivity index (χ0v) is 13.3. The van der Waals surface area contributed by atoms with Crippen LogP contribution in [0.2, 0.25) is 0 Å². The Kier molecular flexibility index (Phi) is 4.98. The van der Waals surface area contributed by atoms with E-state index in [2.05, 4.69) is 40.0 Å². The maximum Gasteiger partial charge on any atom is 0.124 e. The Hall–Kier alpha value is -0.450. The second-order valence-electron chi connectivity index (χ2n) is 5.36. The van der Waals surface area contributed by atoms with Gasteiger partial charge in [-0.05, 0) is 30.5 Å². The molecule has 2 rings (SSSR count). The summed E-state index contributed by atoms with van der Waals surface area (Å²) in [5.74, 6) is -0.188. The second kappa shape index (κ2) is 6.33. The minimum atomic E-state index is -0.188. The van der Waals surface area contributed by atoms with Crippen molar-refractivity contribution in [2.24, 2.45) is 0 Å². The maximum absolute atomic E-state index is 13.1. The van der Waals surface area contributed by atoms with E-state index in [1.54, 1.807) is 6.07 Å². The molecule has 0 aliphatic carbocycles. The highest BCUT2D eigenvalue weighted by Crippen LogP contribution is 2.24. The molecule has 1 aliphatic heterocycles. The van der Waals surface area contributed by atoms with Gasteiger partial charge < -0.3 is 5.32 Å². The lowest BCUT2D eigenvalue weighted by Gasteiger charge is -2.43. The van der Waals surface area contributed by atoms with Crippen molar-refractivity contribution in [2.45, 2.75) is 38.8 Å². The molecule has 0 spiro atoms. The fourth-order valence-electron chi connectivity index (χ4n) is 2.79. The van der Waals surface area contributed by atoms with Crippen molar-refractivity contribution in [1.29, 1.82) is 0 Å². The Bertz CT molecular complexity index is 432. The summed E-state index contributed by atoms with van der Waals surface area (Å²) in [6, 6.07) is 4.96. The zero-order valence-electron chi connectivity index (χ0n) is 11.7. The van der Waals surface area contributed by atoms with Crippen molar-refractivity contribution >= 4 is 15.9 Å². The fourth-order valence-corrected chi connectivity index (χ4v) is 3.27. The molecule has 0 radical (unpaired) electrons. The first-order chi connectivity index (χ1) is 9.08. The summed E-state index contributed by atoms with van der Waals surface area (Å²) in [5.41, 5.74) is 1.40.